The molecule has 0 amide bonds. The van der Waals surface area contributed by atoms with Gasteiger partial charge in [-0.3, -0.25) is 0 Å². The highest BCUT2D eigenvalue weighted by Gasteiger charge is 2.31. The minimum absolute atomic E-state index is 0.659. The molecule has 0 N–H and O–H groups in total. The summed E-state index contributed by atoms with van der Waals surface area (Å²) in [6, 6.07) is 0. The summed E-state index contributed by atoms with van der Waals surface area (Å²) in [5, 5.41) is 0. The quantitative estimate of drug-likeness (QED) is 0.0421. The smallest absolute Gasteiger partial charge is 0.272 e. The molecule has 40 heavy (non-hydrogen) atoms. The van der Waals surface area contributed by atoms with Crippen molar-refractivity contribution in [3.63, 3.8) is 0 Å². The van der Waals surface area contributed by atoms with Crippen molar-refractivity contribution in [1.29, 1.82) is 0 Å². The van der Waals surface area contributed by atoms with Gasteiger partial charge in [0, 0.05) is 6.42 Å². The van der Waals surface area contributed by atoms with Gasteiger partial charge in [-0.1, -0.05) is 188 Å². The highest BCUT2D eigenvalue weighted by Crippen LogP contribution is 2.25. The molecule has 0 radical (unpaired) electrons. The minimum atomic E-state index is -0.772. The summed E-state index contributed by atoms with van der Waals surface area (Å²) in [6.07, 6.45) is 40.0. The van der Waals surface area contributed by atoms with Gasteiger partial charge in [-0.05, 0) is 19.3 Å². The van der Waals surface area contributed by atoms with Gasteiger partial charge in [0.15, 0.2) is 10.5 Å². The van der Waals surface area contributed by atoms with Crippen molar-refractivity contribution in [2.75, 3.05) is 13.2 Å². The third-order valence-electron chi connectivity index (χ3n) is 8.54. The molecule has 0 aliphatic carbocycles. The highest BCUT2D eigenvalue weighted by molar-refractivity contribution is 5.98. The third kappa shape index (κ3) is 28.2. The molecule has 0 aromatic rings. The van der Waals surface area contributed by atoms with Gasteiger partial charge in [-0.2, -0.15) is 0 Å². The maximum Gasteiger partial charge on any atom is 0.272 e. The van der Waals surface area contributed by atoms with Crippen molar-refractivity contribution >= 4 is 10.5 Å². The summed E-state index contributed by atoms with van der Waals surface area (Å²) in [5.41, 5.74) is 0. The molecule has 0 unspecified atom stereocenters. The van der Waals surface area contributed by atoms with E-state index in [9.17, 15) is 0 Å². The molecule has 0 aromatic carbocycles. The van der Waals surface area contributed by atoms with Crippen LogP contribution in [0.25, 0.3) is 0 Å². The molecule has 0 heterocycles. The lowest BCUT2D eigenvalue weighted by Gasteiger charge is -2.33. The predicted molar refractivity (Wildman–Crippen MR) is 181 cm³/mol. The van der Waals surface area contributed by atoms with Crippen LogP contribution >= 0.6 is 0 Å². The van der Waals surface area contributed by atoms with Crippen LogP contribution in [0.1, 0.15) is 213 Å². The van der Waals surface area contributed by atoms with Gasteiger partial charge in [0.2, 0.25) is 0 Å². The molecule has 0 aliphatic rings. The molecule has 0 saturated carbocycles. The summed E-state index contributed by atoms with van der Waals surface area (Å²) in [7, 11) is 0.659. The first-order chi connectivity index (χ1) is 19.7. The molecule has 0 atom stereocenters. The fourth-order valence-electron chi connectivity index (χ4n) is 5.69. The Bertz CT molecular complexity index is 433. The van der Waals surface area contributed by atoms with E-state index in [0.29, 0.717) is 10.5 Å². The number of hydrogen-bond acceptors (Lipinski definition) is 3. The summed E-state index contributed by atoms with van der Waals surface area (Å²) in [5.74, 6) is -0.772. The van der Waals surface area contributed by atoms with E-state index >= 15 is 0 Å². The van der Waals surface area contributed by atoms with E-state index in [1.165, 1.54) is 167 Å². The second kappa shape index (κ2) is 33.6. The zero-order chi connectivity index (χ0) is 29.2. The zero-order valence-corrected chi connectivity index (χ0v) is 30.4. The monoisotopic (exact) mass is 585 g/mol. The number of rotatable bonds is 35. The van der Waals surface area contributed by atoms with Crippen LogP contribution < -0.4 is 0 Å². The lowest BCUT2D eigenvalue weighted by molar-refractivity contribution is -0.347. The predicted octanol–water partition coefficient (Wildman–Crippen LogP) is 11.7. The lowest BCUT2D eigenvalue weighted by Crippen LogP contribution is -2.39. The molecule has 0 saturated heterocycles. The molecular formula is C36H76O3Si. The van der Waals surface area contributed by atoms with Gasteiger partial charge in [0.25, 0.3) is 5.97 Å². The van der Waals surface area contributed by atoms with Gasteiger partial charge >= 0.3 is 0 Å². The Morgan fingerprint density at radius 3 is 0.875 bits per heavy atom. The van der Waals surface area contributed by atoms with Gasteiger partial charge < -0.3 is 13.9 Å². The van der Waals surface area contributed by atoms with Gasteiger partial charge in [-0.15, -0.1) is 0 Å². The number of unbranched alkanes of at least 4 members (excludes halogenated alkanes) is 26. The van der Waals surface area contributed by atoms with Crippen LogP contribution in [0.4, 0.5) is 0 Å². The fraction of sp³-hybridized carbons (Fsp3) is 1.00. The second-order valence-electron chi connectivity index (χ2n) is 12.5. The van der Waals surface area contributed by atoms with Crippen molar-refractivity contribution < 1.29 is 13.9 Å². The van der Waals surface area contributed by atoms with Crippen LogP contribution in [0, 0.1) is 0 Å². The molecule has 0 aliphatic heterocycles. The van der Waals surface area contributed by atoms with Crippen LogP contribution in [0.2, 0.25) is 0 Å². The Labute approximate surface area is 256 Å². The standard InChI is InChI=1S/C36H76O3Si/c1-4-7-10-13-16-19-22-25-28-31-34-37-36(39-40,33-30-27-24-21-18-15-12-9-6-3)38-35-32-29-26-23-20-17-14-11-8-5-2/h4-35H2,1-3,40H3. The Balaban J connectivity index is 4.20. The number of ether oxygens (including phenoxy) is 2. The minimum Gasteiger partial charge on any atom is -0.380 e. The molecular weight excluding hydrogens is 508 g/mol. The lowest BCUT2D eigenvalue weighted by atomic mass is 10.1. The Kier molecular flexibility index (Phi) is 33.7. The van der Waals surface area contributed by atoms with Crippen molar-refractivity contribution in [2.24, 2.45) is 0 Å². The Hall–Kier alpha value is 0.0969. The van der Waals surface area contributed by atoms with Gasteiger partial charge in [0.1, 0.15) is 0 Å². The average Bonchev–Trinajstić information content (AvgIpc) is 2.97. The summed E-state index contributed by atoms with van der Waals surface area (Å²) >= 11 is 0. The largest absolute Gasteiger partial charge is 0.380 e. The maximum atomic E-state index is 6.41. The van der Waals surface area contributed by atoms with E-state index in [4.69, 9.17) is 13.9 Å². The molecule has 242 valence electrons. The van der Waals surface area contributed by atoms with Crippen LogP contribution in [0.5, 0.6) is 0 Å². The van der Waals surface area contributed by atoms with E-state index in [2.05, 4.69) is 20.8 Å². The Morgan fingerprint density at radius 2 is 0.600 bits per heavy atom. The van der Waals surface area contributed by atoms with Crippen LogP contribution in [-0.4, -0.2) is 29.7 Å². The molecule has 0 spiro atoms. The van der Waals surface area contributed by atoms with Crippen molar-refractivity contribution in [2.45, 2.75) is 219 Å². The van der Waals surface area contributed by atoms with E-state index in [1.807, 2.05) is 0 Å². The molecule has 4 heteroatoms. The normalized spacial score (nSPS) is 12.1. The van der Waals surface area contributed by atoms with Crippen LogP contribution in [0.3, 0.4) is 0 Å². The molecule has 0 aromatic heterocycles. The first-order valence-corrected chi connectivity index (χ1v) is 19.4. The third-order valence-corrected chi connectivity index (χ3v) is 9.16. The van der Waals surface area contributed by atoms with Crippen LogP contribution in [0.15, 0.2) is 0 Å². The summed E-state index contributed by atoms with van der Waals surface area (Å²) < 4.78 is 18.9. The fourth-order valence-corrected chi connectivity index (χ4v) is 6.13. The zero-order valence-electron chi connectivity index (χ0n) is 28.4. The Morgan fingerprint density at radius 1 is 0.350 bits per heavy atom. The van der Waals surface area contributed by atoms with Gasteiger partial charge in [0.05, 0.1) is 13.2 Å². The van der Waals surface area contributed by atoms with E-state index < -0.39 is 5.97 Å². The molecule has 3 nitrogen and oxygen atoms in total. The maximum absolute atomic E-state index is 6.41. The van der Waals surface area contributed by atoms with E-state index in [-0.39, 0.29) is 0 Å². The van der Waals surface area contributed by atoms with Crippen molar-refractivity contribution in [3.05, 3.63) is 0 Å². The van der Waals surface area contributed by atoms with Crippen molar-refractivity contribution in [1.82, 2.24) is 0 Å². The molecule has 0 fully saturated rings. The van der Waals surface area contributed by atoms with Crippen LogP contribution in [-0.2, 0) is 13.9 Å². The highest BCUT2D eigenvalue weighted by atomic mass is 28.2. The first-order valence-electron chi connectivity index (χ1n) is 18.6. The van der Waals surface area contributed by atoms with Crippen molar-refractivity contribution in [3.8, 4) is 0 Å². The first kappa shape index (κ1) is 40.1. The average molecular weight is 585 g/mol. The van der Waals surface area contributed by atoms with E-state index in [0.717, 1.165) is 38.9 Å². The topological polar surface area (TPSA) is 27.7 Å². The van der Waals surface area contributed by atoms with E-state index in [1.54, 1.807) is 0 Å². The number of hydrogen-bond donors (Lipinski definition) is 0. The summed E-state index contributed by atoms with van der Waals surface area (Å²) in [4.78, 5) is 0. The second-order valence-corrected chi connectivity index (χ2v) is 12.9. The SMILES string of the molecule is CCCCCCCCCCCCOC(CCCCCCCCCCC)(O[SiH3])OCCCCCCCCCCCC. The molecule has 0 bridgehead atoms. The van der Waals surface area contributed by atoms with Gasteiger partial charge in [-0.25, -0.2) is 0 Å². The summed E-state index contributed by atoms with van der Waals surface area (Å²) in [6.45, 7) is 8.43. The molecule has 0 rings (SSSR count).